The molecule has 96 valence electrons. The molecule has 0 fully saturated rings. The number of rotatable bonds is 4. The smallest absolute Gasteiger partial charge is 0.143 e. The van der Waals surface area contributed by atoms with E-state index in [2.05, 4.69) is 20.5 Å². The highest BCUT2D eigenvalue weighted by atomic mass is 32.1. The van der Waals surface area contributed by atoms with E-state index in [9.17, 15) is 0 Å². The van der Waals surface area contributed by atoms with Gasteiger partial charge in [0.05, 0.1) is 5.52 Å². The van der Waals surface area contributed by atoms with E-state index >= 15 is 0 Å². The topological polar surface area (TPSA) is 74.7 Å². The van der Waals surface area contributed by atoms with Crippen LogP contribution in [0.25, 0.3) is 10.9 Å². The van der Waals surface area contributed by atoms with Gasteiger partial charge in [-0.2, -0.15) is 4.37 Å². The Hall–Kier alpha value is -1.82. The third-order valence-corrected chi connectivity index (χ3v) is 3.87. The van der Waals surface area contributed by atoms with E-state index in [4.69, 9.17) is 10.9 Å². The minimum Gasteiger partial charge on any atom is -0.409 e. The largest absolute Gasteiger partial charge is 0.409 e. The predicted molar refractivity (Wildman–Crippen MR) is 75.5 cm³/mol. The first-order chi connectivity index (χ1) is 8.63. The highest BCUT2D eigenvalue weighted by molar-refractivity contribution is 7.11. The van der Waals surface area contributed by atoms with Crippen molar-refractivity contribution in [2.75, 3.05) is 18.5 Å². The van der Waals surface area contributed by atoms with Gasteiger partial charge in [-0.05, 0) is 23.7 Å². The number of anilines is 1. The molecule has 0 saturated heterocycles. The first-order valence-corrected chi connectivity index (χ1v) is 6.43. The molecule has 1 heterocycles. The van der Waals surface area contributed by atoms with Gasteiger partial charge in [-0.15, -0.1) is 0 Å². The van der Waals surface area contributed by atoms with Gasteiger partial charge in [-0.1, -0.05) is 24.2 Å². The molecule has 1 aromatic heterocycles. The quantitative estimate of drug-likeness (QED) is 0.384. The molecule has 5 nitrogen and oxygen atoms in total. The van der Waals surface area contributed by atoms with Crippen LogP contribution in [0.2, 0.25) is 0 Å². The van der Waals surface area contributed by atoms with Crippen molar-refractivity contribution < 1.29 is 5.21 Å². The minimum absolute atomic E-state index is 0.0131. The number of oxime groups is 1. The molecule has 2 aromatic rings. The first-order valence-electron chi connectivity index (χ1n) is 5.66. The summed E-state index contributed by atoms with van der Waals surface area (Å²) >= 11 is 1.46. The molecule has 0 aliphatic carbocycles. The van der Waals surface area contributed by atoms with Crippen LogP contribution in [0, 0.1) is 5.92 Å². The number of benzene rings is 1. The molecular weight excluding hydrogens is 248 g/mol. The van der Waals surface area contributed by atoms with Crippen LogP contribution in [0.5, 0.6) is 0 Å². The zero-order valence-corrected chi connectivity index (χ0v) is 11.2. The molecule has 0 spiro atoms. The number of hydrogen-bond acceptors (Lipinski definition) is 5. The zero-order valence-electron chi connectivity index (χ0n) is 10.4. The third-order valence-electron chi connectivity index (χ3n) is 2.88. The SMILES string of the molecule is CC(CN(C)c1snc2ccccc12)C(N)=NO. The molecule has 0 saturated carbocycles. The van der Waals surface area contributed by atoms with E-state index in [-0.39, 0.29) is 11.8 Å². The summed E-state index contributed by atoms with van der Waals surface area (Å²) in [5.41, 5.74) is 6.59. The molecule has 2 rings (SSSR count). The van der Waals surface area contributed by atoms with Crippen molar-refractivity contribution in [3.63, 3.8) is 0 Å². The number of fused-ring (bicyclic) bond motifs is 1. The van der Waals surface area contributed by atoms with Crippen molar-refractivity contribution >= 4 is 33.3 Å². The lowest BCUT2D eigenvalue weighted by molar-refractivity contribution is 0.314. The maximum absolute atomic E-state index is 8.66. The van der Waals surface area contributed by atoms with Gasteiger partial charge in [-0.25, -0.2) is 0 Å². The molecule has 0 aliphatic rings. The van der Waals surface area contributed by atoms with Crippen LogP contribution in [0.1, 0.15) is 6.92 Å². The Morgan fingerprint density at radius 3 is 3.00 bits per heavy atom. The second-order valence-electron chi connectivity index (χ2n) is 4.31. The van der Waals surface area contributed by atoms with Gasteiger partial charge in [0.1, 0.15) is 10.8 Å². The summed E-state index contributed by atoms with van der Waals surface area (Å²) in [4.78, 5) is 2.09. The van der Waals surface area contributed by atoms with Gasteiger partial charge in [-0.3, -0.25) is 0 Å². The van der Waals surface area contributed by atoms with E-state index in [1.807, 2.05) is 32.2 Å². The van der Waals surface area contributed by atoms with Crippen molar-refractivity contribution in [1.82, 2.24) is 4.37 Å². The number of hydrogen-bond donors (Lipinski definition) is 2. The molecule has 1 aromatic carbocycles. The van der Waals surface area contributed by atoms with E-state index in [0.717, 1.165) is 15.9 Å². The summed E-state index contributed by atoms with van der Waals surface area (Å²) in [6.45, 7) is 2.61. The van der Waals surface area contributed by atoms with Crippen molar-refractivity contribution in [3.05, 3.63) is 24.3 Å². The molecule has 18 heavy (non-hydrogen) atoms. The monoisotopic (exact) mass is 264 g/mol. The first kappa shape index (κ1) is 12.6. The summed E-state index contributed by atoms with van der Waals surface area (Å²) in [6, 6.07) is 8.03. The molecule has 0 aliphatic heterocycles. The second-order valence-corrected chi connectivity index (χ2v) is 5.06. The second kappa shape index (κ2) is 5.22. The summed E-state index contributed by atoms with van der Waals surface area (Å²) in [6.07, 6.45) is 0. The Bertz CT molecular complexity index is 566. The fourth-order valence-electron chi connectivity index (χ4n) is 1.84. The molecular formula is C12H16N4OS. The maximum atomic E-state index is 8.66. The number of nitrogens with two attached hydrogens (primary N) is 1. The fraction of sp³-hybridized carbons (Fsp3) is 0.333. The van der Waals surface area contributed by atoms with E-state index in [0.29, 0.717) is 6.54 Å². The molecule has 3 N–H and O–H groups in total. The summed E-state index contributed by atoms with van der Waals surface area (Å²) in [7, 11) is 1.99. The van der Waals surface area contributed by atoms with Crippen molar-refractivity contribution in [2.45, 2.75) is 6.92 Å². The Labute approximate surface area is 110 Å². The van der Waals surface area contributed by atoms with Crippen LogP contribution < -0.4 is 10.6 Å². The Balaban J connectivity index is 2.21. The molecule has 1 atom stereocenters. The van der Waals surface area contributed by atoms with Gasteiger partial charge < -0.3 is 15.8 Å². The summed E-state index contributed by atoms with van der Waals surface area (Å²) in [5.74, 6) is 0.233. The van der Waals surface area contributed by atoms with Gasteiger partial charge in [0.2, 0.25) is 0 Å². The number of aromatic nitrogens is 1. The van der Waals surface area contributed by atoms with Crippen molar-refractivity contribution in [1.29, 1.82) is 0 Å². The van der Waals surface area contributed by atoms with Gasteiger partial charge in [0, 0.05) is 24.9 Å². The van der Waals surface area contributed by atoms with E-state index < -0.39 is 0 Å². The van der Waals surface area contributed by atoms with Gasteiger partial charge in [0.25, 0.3) is 0 Å². The van der Waals surface area contributed by atoms with Crippen LogP contribution in [-0.4, -0.2) is 29.0 Å². The van der Waals surface area contributed by atoms with Gasteiger partial charge >= 0.3 is 0 Å². The van der Waals surface area contributed by atoms with Crippen LogP contribution >= 0.6 is 11.5 Å². The standard InChI is InChI=1S/C12H16N4OS/c1-8(11(13)14-17)7-16(2)12-9-5-3-4-6-10(9)15-18-12/h3-6,8,17H,7H2,1-2H3,(H2,13,14). The van der Waals surface area contributed by atoms with Crippen LogP contribution in [0.4, 0.5) is 5.00 Å². The number of nitrogens with zero attached hydrogens (tertiary/aromatic N) is 3. The average molecular weight is 264 g/mol. The highest BCUT2D eigenvalue weighted by Crippen LogP contribution is 2.30. The zero-order chi connectivity index (χ0) is 13.1. The Kier molecular flexibility index (Phi) is 3.66. The maximum Gasteiger partial charge on any atom is 0.143 e. The van der Waals surface area contributed by atoms with Crippen molar-refractivity contribution in [3.8, 4) is 0 Å². The predicted octanol–water partition coefficient (Wildman–Crippen LogP) is 2.12. The lowest BCUT2D eigenvalue weighted by atomic mass is 10.1. The normalized spacial score (nSPS) is 13.8. The van der Waals surface area contributed by atoms with E-state index in [1.165, 1.54) is 11.5 Å². The van der Waals surface area contributed by atoms with Crippen molar-refractivity contribution in [2.24, 2.45) is 16.8 Å². The summed E-state index contributed by atoms with van der Waals surface area (Å²) in [5, 5.41) is 13.9. The Morgan fingerprint density at radius 1 is 1.56 bits per heavy atom. The Morgan fingerprint density at radius 2 is 2.28 bits per heavy atom. The van der Waals surface area contributed by atoms with E-state index in [1.54, 1.807) is 0 Å². The van der Waals surface area contributed by atoms with Crippen LogP contribution in [-0.2, 0) is 0 Å². The average Bonchev–Trinajstić information content (AvgIpc) is 2.81. The lowest BCUT2D eigenvalue weighted by Gasteiger charge is -2.21. The molecule has 1 unspecified atom stereocenters. The van der Waals surface area contributed by atoms with Gasteiger partial charge in [0.15, 0.2) is 0 Å². The highest BCUT2D eigenvalue weighted by Gasteiger charge is 2.15. The fourth-order valence-corrected chi connectivity index (χ4v) is 2.67. The van der Waals surface area contributed by atoms with Crippen LogP contribution in [0.15, 0.2) is 29.4 Å². The molecule has 0 radical (unpaired) electrons. The molecule has 0 bridgehead atoms. The lowest BCUT2D eigenvalue weighted by Crippen LogP contribution is -2.32. The van der Waals surface area contributed by atoms with Crippen LogP contribution in [0.3, 0.4) is 0 Å². The summed E-state index contributed by atoms with van der Waals surface area (Å²) < 4.78 is 4.40. The number of amidine groups is 1. The molecule has 6 heteroatoms. The third kappa shape index (κ3) is 2.38. The minimum atomic E-state index is -0.0131. The molecule has 0 amide bonds.